The van der Waals surface area contributed by atoms with Gasteiger partial charge in [-0.05, 0) is 67.5 Å². The lowest BCUT2D eigenvalue weighted by Crippen LogP contribution is -1.99. The minimum absolute atomic E-state index is 0.887. The Balaban J connectivity index is 1.72. The molecule has 0 saturated carbocycles. The standard InChI is InChI=1S/C28H23NS2/c1-18-12-14-22(15-13-18)27(30)25(19(2)20-8-4-3-5-9-20)28-29-26-23-11-7-6-10-21(23)16-17-24(26)31-28/h3-4,7-8,11-12,14,16-17,30H,2,6,10,13,15H2,1H3/b27-25-. The summed E-state index contributed by atoms with van der Waals surface area (Å²) in [4.78, 5) is 6.09. The summed E-state index contributed by atoms with van der Waals surface area (Å²) < 4.78 is 1.20. The largest absolute Gasteiger partial charge is 0.235 e. The van der Waals surface area contributed by atoms with E-state index in [4.69, 9.17) is 17.6 Å². The molecular weight excluding hydrogens is 414 g/mol. The summed E-state index contributed by atoms with van der Waals surface area (Å²) in [6.07, 6.45) is 18.9. The summed E-state index contributed by atoms with van der Waals surface area (Å²) in [5.41, 5.74) is 15.4. The van der Waals surface area contributed by atoms with E-state index in [2.05, 4.69) is 61.4 Å². The van der Waals surface area contributed by atoms with Gasteiger partial charge in [-0.2, -0.15) is 0 Å². The fourth-order valence-corrected chi connectivity index (χ4v) is 5.71. The lowest BCUT2D eigenvalue weighted by Gasteiger charge is -2.17. The van der Waals surface area contributed by atoms with E-state index in [1.54, 1.807) is 11.3 Å². The Labute approximate surface area is 193 Å². The molecule has 0 aliphatic heterocycles. The quantitative estimate of drug-likeness (QED) is 0.291. The predicted octanol–water partition coefficient (Wildman–Crippen LogP) is 7.93. The van der Waals surface area contributed by atoms with E-state index in [0.717, 1.165) is 57.8 Å². The Morgan fingerprint density at radius 1 is 1.16 bits per heavy atom. The van der Waals surface area contributed by atoms with Gasteiger partial charge in [-0.15, -0.1) is 24.0 Å². The van der Waals surface area contributed by atoms with Crippen LogP contribution in [-0.2, 0) is 6.42 Å². The molecule has 5 rings (SSSR count). The van der Waals surface area contributed by atoms with Crippen molar-refractivity contribution in [2.24, 2.45) is 0 Å². The fraction of sp³-hybridized carbons (Fsp3) is 0.179. The molecule has 0 atom stereocenters. The maximum absolute atomic E-state index is 5.14. The summed E-state index contributed by atoms with van der Waals surface area (Å²) in [5, 5.41) is 0.960. The van der Waals surface area contributed by atoms with Gasteiger partial charge in [0.15, 0.2) is 0 Å². The van der Waals surface area contributed by atoms with Crippen molar-refractivity contribution >= 4 is 45.8 Å². The summed E-state index contributed by atoms with van der Waals surface area (Å²) >= 11 is 6.74. The highest BCUT2D eigenvalue weighted by Crippen LogP contribution is 2.42. The van der Waals surface area contributed by atoms with Crippen molar-refractivity contribution < 1.29 is 0 Å². The van der Waals surface area contributed by atoms with E-state index in [9.17, 15) is 0 Å². The number of thiazole rings is 1. The number of hydrogen-bond donors (Lipinski definition) is 1. The molecule has 0 radical (unpaired) electrons. The lowest BCUT2D eigenvalue weighted by molar-refractivity contribution is 0.925. The number of allylic oxidation sites excluding steroid dienone is 11. The zero-order chi connectivity index (χ0) is 21.4. The van der Waals surface area contributed by atoms with Gasteiger partial charge >= 0.3 is 0 Å². The third kappa shape index (κ3) is 3.83. The average molecular weight is 438 g/mol. The van der Waals surface area contributed by atoms with Crippen LogP contribution in [0.5, 0.6) is 0 Å². The molecule has 3 aliphatic carbocycles. The van der Waals surface area contributed by atoms with Gasteiger partial charge in [0.25, 0.3) is 0 Å². The second kappa shape index (κ2) is 8.38. The maximum Gasteiger partial charge on any atom is 0.126 e. The van der Waals surface area contributed by atoms with Crippen LogP contribution in [0.1, 0.15) is 42.3 Å². The molecule has 152 valence electrons. The van der Waals surface area contributed by atoms with Gasteiger partial charge in [0.1, 0.15) is 5.01 Å². The van der Waals surface area contributed by atoms with E-state index in [1.807, 2.05) is 18.2 Å². The highest BCUT2D eigenvalue weighted by molar-refractivity contribution is 7.85. The van der Waals surface area contributed by atoms with Crippen LogP contribution >= 0.6 is 24.0 Å². The van der Waals surface area contributed by atoms with Gasteiger partial charge in [0.05, 0.1) is 10.2 Å². The number of rotatable bonds is 4. The van der Waals surface area contributed by atoms with E-state index < -0.39 is 0 Å². The number of thiol groups is 1. The van der Waals surface area contributed by atoms with Crippen LogP contribution < -0.4 is 0 Å². The number of fused-ring (bicyclic) bond motifs is 3. The predicted molar refractivity (Wildman–Crippen MR) is 137 cm³/mol. The number of aromatic nitrogens is 1. The molecule has 0 fully saturated rings. The van der Waals surface area contributed by atoms with Crippen LogP contribution in [0.25, 0.3) is 21.9 Å². The van der Waals surface area contributed by atoms with E-state index >= 15 is 0 Å². The minimum Gasteiger partial charge on any atom is -0.235 e. The molecular formula is C28H23NS2. The Kier molecular flexibility index (Phi) is 5.44. The normalized spacial score (nSPS) is 17.8. The third-order valence-corrected chi connectivity index (χ3v) is 7.49. The van der Waals surface area contributed by atoms with E-state index in [-0.39, 0.29) is 0 Å². The van der Waals surface area contributed by atoms with Gasteiger partial charge in [-0.3, -0.25) is 0 Å². The van der Waals surface area contributed by atoms with E-state index in [1.165, 1.54) is 27.0 Å². The summed E-state index contributed by atoms with van der Waals surface area (Å²) in [7, 11) is 0. The van der Waals surface area contributed by atoms with Crippen molar-refractivity contribution in [3.8, 4) is 0 Å². The molecule has 1 nitrogen and oxygen atoms in total. The molecule has 31 heavy (non-hydrogen) atoms. The Bertz CT molecular complexity index is 1370. The van der Waals surface area contributed by atoms with Crippen molar-refractivity contribution in [3.63, 3.8) is 0 Å². The molecule has 0 amide bonds. The number of aryl methyl sites for hydroxylation is 1. The van der Waals surface area contributed by atoms with Crippen LogP contribution in [0, 0.1) is 0 Å². The average Bonchev–Trinajstić information content (AvgIpc) is 3.24. The molecule has 2 aromatic rings. The van der Waals surface area contributed by atoms with Crippen LogP contribution in [0.15, 0.2) is 93.8 Å². The van der Waals surface area contributed by atoms with Gasteiger partial charge in [-0.1, -0.05) is 60.1 Å². The molecule has 1 aromatic heterocycles. The van der Waals surface area contributed by atoms with Crippen LogP contribution in [0.3, 0.4) is 0 Å². The Morgan fingerprint density at radius 3 is 2.84 bits per heavy atom. The number of hydrogen-bond acceptors (Lipinski definition) is 3. The first kappa shape index (κ1) is 20.1. The van der Waals surface area contributed by atoms with Crippen molar-refractivity contribution in [1.82, 2.24) is 4.98 Å². The van der Waals surface area contributed by atoms with Crippen molar-refractivity contribution in [2.75, 3.05) is 0 Å². The second-order valence-corrected chi connectivity index (χ2v) is 9.54. The second-order valence-electron chi connectivity index (χ2n) is 8.06. The van der Waals surface area contributed by atoms with Crippen LogP contribution in [-0.4, -0.2) is 4.98 Å². The molecule has 0 spiro atoms. The Hall–Kier alpha value is -2.80. The highest BCUT2D eigenvalue weighted by Gasteiger charge is 2.22. The molecule has 3 aliphatic rings. The molecule has 1 aromatic carbocycles. The molecule has 3 heteroatoms. The summed E-state index contributed by atoms with van der Waals surface area (Å²) in [6.45, 7) is 6.62. The topological polar surface area (TPSA) is 12.9 Å². The summed E-state index contributed by atoms with van der Waals surface area (Å²) in [5.74, 6) is 0. The van der Waals surface area contributed by atoms with Gasteiger partial charge in [0.2, 0.25) is 0 Å². The highest BCUT2D eigenvalue weighted by atomic mass is 32.1. The molecule has 0 saturated heterocycles. The smallest absolute Gasteiger partial charge is 0.126 e. The van der Waals surface area contributed by atoms with Crippen molar-refractivity contribution in [2.45, 2.75) is 32.6 Å². The van der Waals surface area contributed by atoms with E-state index in [0.29, 0.717) is 0 Å². The number of nitrogens with zero attached hydrogens (tertiary/aromatic N) is 1. The van der Waals surface area contributed by atoms with Crippen molar-refractivity contribution in [3.05, 3.63) is 110 Å². The first-order chi connectivity index (χ1) is 15.1. The monoisotopic (exact) mass is 437 g/mol. The third-order valence-electron chi connectivity index (χ3n) is 5.94. The maximum atomic E-state index is 5.14. The SMILES string of the molecule is C=C(C1=C=C=CC=C1)/C(=C(/S)C1=CC=C(C)CC1)c1nc2c3c(ccc2s1)CCC=C3. The Morgan fingerprint density at radius 2 is 2.06 bits per heavy atom. The fourth-order valence-electron chi connectivity index (χ4n) is 4.14. The van der Waals surface area contributed by atoms with Gasteiger partial charge in [0, 0.05) is 21.6 Å². The van der Waals surface area contributed by atoms with Gasteiger partial charge < -0.3 is 0 Å². The zero-order valence-corrected chi connectivity index (χ0v) is 19.2. The molecule has 0 unspecified atom stereocenters. The molecule has 0 bridgehead atoms. The minimum atomic E-state index is 0.887. The first-order valence-corrected chi connectivity index (χ1v) is 11.9. The summed E-state index contributed by atoms with van der Waals surface area (Å²) in [6, 6.07) is 4.46. The molecule has 0 N–H and O–H groups in total. The molecule has 1 heterocycles. The lowest BCUT2D eigenvalue weighted by atomic mass is 9.93. The first-order valence-electron chi connectivity index (χ1n) is 10.6. The van der Waals surface area contributed by atoms with Crippen LogP contribution in [0.2, 0.25) is 0 Å². The number of benzene rings is 1. The van der Waals surface area contributed by atoms with Crippen LogP contribution in [0.4, 0.5) is 0 Å². The van der Waals surface area contributed by atoms with Crippen molar-refractivity contribution in [1.29, 1.82) is 0 Å². The zero-order valence-electron chi connectivity index (χ0n) is 17.5. The van der Waals surface area contributed by atoms with Gasteiger partial charge in [-0.25, -0.2) is 4.98 Å².